The number of hydrogen-bond donors (Lipinski definition) is 2. The highest BCUT2D eigenvalue weighted by Gasteiger charge is 2.19. The summed E-state index contributed by atoms with van der Waals surface area (Å²) in [5.74, 6) is 3.03. The number of amides is 1. The highest BCUT2D eigenvalue weighted by Crippen LogP contribution is 2.28. The van der Waals surface area contributed by atoms with Crippen LogP contribution in [-0.2, 0) is 4.79 Å². The average molecular weight is 463 g/mol. The first-order valence-corrected chi connectivity index (χ1v) is 11.3. The number of ether oxygens (including phenoxy) is 1. The fraction of sp³-hybridized carbons (Fsp3) is 0.375. The molecule has 1 atom stereocenters. The summed E-state index contributed by atoms with van der Waals surface area (Å²) in [5.41, 5.74) is 8.44. The number of nitrogens with two attached hydrogens (primary N) is 1. The van der Waals surface area contributed by atoms with E-state index >= 15 is 0 Å². The van der Waals surface area contributed by atoms with Crippen LogP contribution in [0, 0.1) is 0 Å². The van der Waals surface area contributed by atoms with E-state index in [0.29, 0.717) is 12.4 Å². The molecule has 3 N–H and O–H groups in total. The van der Waals surface area contributed by atoms with Gasteiger partial charge >= 0.3 is 0 Å². The number of nitrogen functional groups attached to an aromatic ring is 1. The molecule has 4 heterocycles. The quantitative estimate of drug-likeness (QED) is 0.545. The fourth-order valence-corrected chi connectivity index (χ4v) is 3.96. The largest absolute Gasteiger partial charge is 0.496 e. The molecule has 1 aliphatic rings. The lowest BCUT2D eigenvalue weighted by Gasteiger charge is -2.34. The van der Waals surface area contributed by atoms with Crippen molar-refractivity contribution in [2.75, 3.05) is 55.8 Å². The van der Waals surface area contributed by atoms with Crippen LogP contribution in [-0.4, -0.2) is 70.6 Å². The number of nitrogens with zero attached hydrogens (tertiary/aromatic N) is 6. The molecule has 1 unspecified atom stereocenters. The molecule has 0 bridgehead atoms. The molecule has 1 aliphatic heterocycles. The molecular formula is C24H30N8O2. The van der Waals surface area contributed by atoms with Crippen molar-refractivity contribution in [1.29, 1.82) is 0 Å². The molecule has 0 spiro atoms. The molecular weight excluding hydrogens is 432 g/mol. The number of carbonyl (C=O) groups excluding carboxylic acids is 1. The second-order valence-electron chi connectivity index (χ2n) is 8.32. The van der Waals surface area contributed by atoms with Gasteiger partial charge in [0.25, 0.3) is 0 Å². The van der Waals surface area contributed by atoms with E-state index < -0.39 is 0 Å². The number of anilines is 3. The molecule has 1 amide bonds. The normalized spacial score (nSPS) is 14.6. The average Bonchev–Trinajstić information content (AvgIpc) is 2.87. The van der Waals surface area contributed by atoms with E-state index in [-0.39, 0.29) is 11.8 Å². The van der Waals surface area contributed by atoms with Gasteiger partial charge in [0.1, 0.15) is 29.5 Å². The maximum Gasteiger partial charge on any atom is 0.219 e. The van der Waals surface area contributed by atoms with E-state index in [1.54, 1.807) is 32.6 Å². The number of nitrogens with one attached hydrogen (secondary N) is 1. The van der Waals surface area contributed by atoms with Crippen molar-refractivity contribution in [3.05, 3.63) is 48.5 Å². The summed E-state index contributed by atoms with van der Waals surface area (Å²) in [5, 5.41) is 3.37. The second-order valence-corrected chi connectivity index (χ2v) is 8.32. The zero-order chi connectivity index (χ0) is 24.1. The number of pyridine rings is 2. The molecule has 4 rings (SSSR count). The molecule has 0 aromatic carbocycles. The minimum Gasteiger partial charge on any atom is -0.496 e. The number of carbonyl (C=O) groups is 1. The molecule has 0 aliphatic carbocycles. The van der Waals surface area contributed by atoms with E-state index in [1.165, 1.54) is 0 Å². The number of methoxy groups -OCH3 is 1. The van der Waals surface area contributed by atoms with Gasteiger partial charge in [-0.25, -0.2) is 19.9 Å². The monoisotopic (exact) mass is 462 g/mol. The minimum atomic E-state index is 0.120. The van der Waals surface area contributed by atoms with Crippen LogP contribution in [0.25, 0.3) is 11.3 Å². The third kappa shape index (κ3) is 5.33. The van der Waals surface area contributed by atoms with Crippen molar-refractivity contribution in [2.45, 2.75) is 19.8 Å². The van der Waals surface area contributed by atoms with E-state index in [9.17, 15) is 4.79 Å². The van der Waals surface area contributed by atoms with E-state index in [0.717, 1.165) is 60.4 Å². The number of hydrogen-bond acceptors (Lipinski definition) is 9. The summed E-state index contributed by atoms with van der Waals surface area (Å²) in [4.78, 5) is 33.2. The maximum absolute atomic E-state index is 11.5. The van der Waals surface area contributed by atoms with Gasteiger partial charge in [0.05, 0.1) is 12.8 Å². The third-order valence-corrected chi connectivity index (χ3v) is 6.02. The van der Waals surface area contributed by atoms with Gasteiger partial charge < -0.3 is 25.6 Å². The number of piperazine rings is 1. The fourth-order valence-electron chi connectivity index (χ4n) is 3.96. The lowest BCUT2D eigenvalue weighted by molar-refractivity contribution is -0.129. The van der Waals surface area contributed by atoms with Gasteiger partial charge in [-0.05, 0) is 12.1 Å². The Balaban J connectivity index is 1.39. The van der Waals surface area contributed by atoms with Crippen LogP contribution in [0.4, 0.5) is 17.5 Å². The van der Waals surface area contributed by atoms with Gasteiger partial charge in [-0.2, -0.15) is 0 Å². The van der Waals surface area contributed by atoms with Gasteiger partial charge in [-0.3, -0.25) is 4.79 Å². The Morgan fingerprint density at radius 3 is 2.59 bits per heavy atom. The summed E-state index contributed by atoms with van der Waals surface area (Å²) in [7, 11) is 1.63. The number of aromatic nitrogens is 4. The number of rotatable bonds is 7. The molecule has 0 saturated carbocycles. The molecule has 0 radical (unpaired) electrons. The summed E-state index contributed by atoms with van der Waals surface area (Å²) < 4.78 is 5.44. The zero-order valence-corrected chi connectivity index (χ0v) is 19.7. The third-order valence-electron chi connectivity index (χ3n) is 6.02. The van der Waals surface area contributed by atoms with Crippen molar-refractivity contribution in [3.8, 4) is 17.0 Å². The zero-order valence-electron chi connectivity index (χ0n) is 19.7. The van der Waals surface area contributed by atoms with Crippen molar-refractivity contribution < 1.29 is 9.53 Å². The standard InChI is InChI=1S/C24H30N8O2/c1-16(19-14-26-22(25)11-21(19)34-3)12-27-23-10-20(29-15-30-23)18-4-5-24(28-13-18)32-8-6-31(7-9-32)17(2)33/h4-5,10-11,13-16H,6-9,12H2,1-3H3,(H2,25,26)(H,27,29,30). The van der Waals surface area contributed by atoms with Crippen LogP contribution >= 0.6 is 0 Å². The Labute approximate surface area is 199 Å². The van der Waals surface area contributed by atoms with Crippen molar-refractivity contribution in [1.82, 2.24) is 24.8 Å². The second kappa shape index (κ2) is 10.3. The van der Waals surface area contributed by atoms with E-state index in [1.807, 2.05) is 29.3 Å². The highest BCUT2D eigenvalue weighted by atomic mass is 16.5. The summed E-state index contributed by atoms with van der Waals surface area (Å²) in [6.07, 6.45) is 5.12. The van der Waals surface area contributed by atoms with Gasteiger partial charge in [-0.15, -0.1) is 0 Å². The van der Waals surface area contributed by atoms with Gasteiger partial charge in [0.2, 0.25) is 5.91 Å². The topological polar surface area (TPSA) is 122 Å². The summed E-state index contributed by atoms with van der Waals surface area (Å²) in [6.45, 7) is 7.33. The Morgan fingerprint density at radius 1 is 1.12 bits per heavy atom. The van der Waals surface area contributed by atoms with Crippen molar-refractivity contribution >= 4 is 23.4 Å². The summed E-state index contributed by atoms with van der Waals surface area (Å²) >= 11 is 0. The molecule has 178 valence electrons. The highest BCUT2D eigenvalue weighted by molar-refractivity contribution is 5.73. The Morgan fingerprint density at radius 2 is 1.91 bits per heavy atom. The first-order valence-electron chi connectivity index (χ1n) is 11.3. The molecule has 1 fully saturated rings. The van der Waals surface area contributed by atoms with Crippen LogP contribution in [0.3, 0.4) is 0 Å². The molecule has 10 heteroatoms. The van der Waals surface area contributed by atoms with E-state index in [4.69, 9.17) is 10.5 Å². The molecule has 1 saturated heterocycles. The smallest absolute Gasteiger partial charge is 0.219 e. The molecule has 3 aromatic rings. The molecule has 34 heavy (non-hydrogen) atoms. The Bertz CT molecular complexity index is 1130. The molecule has 10 nitrogen and oxygen atoms in total. The van der Waals surface area contributed by atoms with Gasteiger partial charge in [0.15, 0.2) is 0 Å². The minimum absolute atomic E-state index is 0.120. The lowest BCUT2D eigenvalue weighted by atomic mass is 10.0. The van der Waals surface area contributed by atoms with Gasteiger partial charge in [0, 0.05) is 81.2 Å². The van der Waals surface area contributed by atoms with Crippen LogP contribution in [0.1, 0.15) is 25.3 Å². The van der Waals surface area contributed by atoms with Crippen LogP contribution in [0.15, 0.2) is 43.0 Å². The van der Waals surface area contributed by atoms with Crippen LogP contribution < -0.4 is 20.7 Å². The van der Waals surface area contributed by atoms with Crippen LogP contribution in [0.2, 0.25) is 0 Å². The maximum atomic E-state index is 11.5. The van der Waals surface area contributed by atoms with Crippen molar-refractivity contribution in [3.63, 3.8) is 0 Å². The Hall–Kier alpha value is -3.95. The predicted molar refractivity (Wildman–Crippen MR) is 132 cm³/mol. The summed E-state index contributed by atoms with van der Waals surface area (Å²) in [6, 6.07) is 7.65. The molecule has 3 aromatic heterocycles. The Kier molecular flexibility index (Phi) is 7.05. The predicted octanol–water partition coefficient (Wildman–Crippen LogP) is 2.41. The SMILES string of the molecule is COc1cc(N)ncc1C(C)CNc1cc(-c2ccc(N3CCN(C(C)=O)CC3)nc2)ncn1. The first kappa shape index (κ1) is 23.2. The van der Waals surface area contributed by atoms with Gasteiger partial charge in [-0.1, -0.05) is 6.92 Å². The lowest BCUT2D eigenvalue weighted by Crippen LogP contribution is -2.48. The van der Waals surface area contributed by atoms with Crippen molar-refractivity contribution in [2.24, 2.45) is 0 Å². The first-order chi connectivity index (χ1) is 16.4. The van der Waals surface area contributed by atoms with Crippen LogP contribution in [0.5, 0.6) is 5.75 Å². The van der Waals surface area contributed by atoms with E-state index in [2.05, 4.69) is 37.1 Å².